The molecule has 0 aliphatic rings. The molecule has 1 aromatic heterocycles. The number of carbonyl (C=O) groups excluding carboxylic acids is 2. The minimum Gasteiger partial charge on any atom is -0.452 e. The second-order valence-corrected chi connectivity index (χ2v) is 6.71. The first-order valence-electron chi connectivity index (χ1n) is 8.88. The van der Waals surface area contributed by atoms with E-state index < -0.39 is 5.97 Å². The molecule has 0 saturated heterocycles. The molecule has 1 amide bonds. The van der Waals surface area contributed by atoms with E-state index in [1.54, 1.807) is 12.1 Å². The van der Waals surface area contributed by atoms with Crippen LogP contribution >= 0.6 is 0 Å². The number of carbonyl (C=O) groups is 2. The summed E-state index contributed by atoms with van der Waals surface area (Å²) >= 11 is 0. The van der Waals surface area contributed by atoms with Gasteiger partial charge >= 0.3 is 5.97 Å². The number of aromatic nitrogens is 1. The number of benzene rings is 2. The fourth-order valence-corrected chi connectivity index (χ4v) is 2.77. The molecule has 0 radical (unpaired) electrons. The zero-order valence-corrected chi connectivity index (χ0v) is 15.7. The second-order valence-electron chi connectivity index (χ2n) is 6.71. The smallest absolute Gasteiger partial charge is 0.339 e. The molecule has 3 rings (SSSR count). The minimum absolute atomic E-state index is 0.172. The molecule has 138 valence electrons. The second kappa shape index (κ2) is 7.99. The number of nitrogens with one attached hydrogen (secondary N) is 1. The molecule has 0 atom stereocenters. The van der Waals surface area contributed by atoms with Crippen molar-refractivity contribution in [3.63, 3.8) is 0 Å². The zero-order chi connectivity index (χ0) is 19.4. The van der Waals surface area contributed by atoms with Gasteiger partial charge in [0.2, 0.25) is 0 Å². The van der Waals surface area contributed by atoms with E-state index in [9.17, 15) is 9.59 Å². The van der Waals surface area contributed by atoms with E-state index in [-0.39, 0.29) is 18.4 Å². The highest BCUT2D eigenvalue weighted by molar-refractivity contribution is 6.04. The number of anilines is 1. The number of hydrogen-bond acceptors (Lipinski definition) is 4. The molecular weight excluding hydrogens is 340 g/mol. The maximum Gasteiger partial charge on any atom is 0.339 e. The van der Waals surface area contributed by atoms with Crippen LogP contribution < -0.4 is 5.32 Å². The van der Waals surface area contributed by atoms with Crippen LogP contribution in [0, 0.1) is 6.92 Å². The normalized spacial score (nSPS) is 10.8. The van der Waals surface area contributed by atoms with Gasteiger partial charge in [0.15, 0.2) is 6.61 Å². The summed E-state index contributed by atoms with van der Waals surface area (Å²) in [6.45, 7) is 5.59. The molecule has 0 aliphatic heterocycles. The van der Waals surface area contributed by atoms with E-state index in [0.29, 0.717) is 16.6 Å². The first-order valence-corrected chi connectivity index (χ1v) is 8.88. The van der Waals surface area contributed by atoms with Crippen LogP contribution in [0.25, 0.3) is 10.9 Å². The Bertz CT molecular complexity index is 996. The van der Waals surface area contributed by atoms with Gasteiger partial charge in [0.1, 0.15) is 0 Å². The summed E-state index contributed by atoms with van der Waals surface area (Å²) in [7, 11) is 0. The Kier molecular flexibility index (Phi) is 5.50. The van der Waals surface area contributed by atoms with Crippen LogP contribution in [0.1, 0.15) is 41.4 Å². The van der Waals surface area contributed by atoms with Gasteiger partial charge in [-0.3, -0.25) is 9.78 Å². The van der Waals surface area contributed by atoms with E-state index >= 15 is 0 Å². The lowest BCUT2D eigenvalue weighted by molar-refractivity contribution is -0.119. The third kappa shape index (κ3) is 4.31. The number of rotatable bonds is 5. The van der Waals surface area contributed by atoms with Crippen molar-refractivity contribution in [2.45, 2.75) is 26.7 Å². The average molecular weight is 362 g/mol. The third-order valence-electron chi connectivity index (χ3n) is 4.30. The van der Waals surface area contributed by atoms with Crippen molar-refractivity contribution in [2.24, 2.45) is 0 Å². The molecule has 27 heavy (non-hydrogen) atoms. The van der Waals surface area contributed by atoms with Crippen molar-refractivity contribution in [2.75, 3.05) is 11.9 Å². The fourth-order valence-electron chi connectivity index (χ4n) is 2.77. The van der Waals surface area contributed by atoms with Gasteiger partial charge in [-0.25, -0.2) is 4.79 Å². The largest absolute Gasteiger partial charge is 0.452 e. The summed E-state index contributed by atoms with van der Waals surface area (Å²) < 4.78 is 5.27. The third-order valence-corrected chi connectivity index (χ3v) is 4.30. The minimum atomic E-state index is -0.532. The van der Waals surface area contributed by atoms with Gasteiger partial charge in [-0.05, 0) is 36.6 Å². The van der Waals surface area contributed by atoms with Crippen molar-refractivity contribution < 1.29 is 14.3 Å². The number of aryl methyl sites for hydroxylation is 1. The monoisotopic (exact) mass is 362 g/mol. The van der Waals surface area contributed by atoms with Crippen molar-refractivity contribution in [1.29, 1.82) is 0 Å². The number of fused-ring (bicyclic) bond motifs is 1. The predicted octanol–water partition coefficient (Wildman–Crippen LogP) is 4.46. The Morgan fingerprint density at radius 1 is 1.07 bits per heavy atom. The summed E-state index contributed by atoms with van der Waals surface area (Å²) in [6.07, 6.45) is 0. The summed E-state index contributed by atoms with van der Waals surface area (Å²) in [6, 6.07) is 16.6. The van der Waals surface area contributed by atoms with Crippen LogP contribution in [0.3, 0.4) is 0 Å². The van der Waals surface area contributed by atoms with Crippen LogP contribution in [0.15, 0.2) is 54.6 Å². The SMILES string of the molecule is Cc1ccccc1NC(=O)COC(=O)c1cc(C(C)C)nc2ccccc12. The van der Waals surface area contributed by atoms with Crippen molar-refractivity contribution in [3.8, 4) is 0 Å². The molecule has 0 spiro atoms. The van der Waals surface area contributed by atoms with E-state index in [1.165, 1.54) is 0 Å². The number of para-hydroxylation sites is 2. The molecule has 1 heterocycles. The van der Waals surface area contributed by atoms with Gasteiger partial charge in [-0.2, -0.15) is 0 Å². The van der Waals surface area contributed by atoms with Crippen LogP contribution in [-0.4, -0.2) is 23.5 Å². The highest BCUT2D eigenvalue weighted by atomic mass is 16.5. The van der Waals surface area contributed by atoms with E-state index in [2.05, 4.69) is 10.3 Å². The maximum atomic E-state index is 12.6. The molecule has 2 aromatic carbocycles. The first-order chi connectivity index (χ1) is 13.0. The molecule has 5 heteroatoms. The molecular formula is C22H22N2O3. The Hall–Kier alpha value is -3.21. The Labute approximate surface area is 158 Å². The topological polar surface area (TPSA) is 68.3 Å². The van der Waals surface area contributed by atoms with Crippen molar-refractivity contribution >= 4 is 28.5 Å². The van der Waals surface area contributed by atoms with Crippen molar-refractivity contribution in [3.05, 3.63) is 71.4 Å². The van der Waals surface area contributed by atoms with Gasteiger partial charge in [0.25, 0.3) is 5.91 Å². The highest BCUT2D eigenvalue weighted by Gasteiger charge is 2.17. The standard InChI is InChI=1S/C22H22N2O3/c1-14(2)20-12-17(16-9-5-7-11-19(16)23-20)22(26)27-13-21(25)24-18-10-6-4-8-15(18)3/h4-12,14H,13H2,1-3H3,(H,24,25). The van der Waals surface area contributed by atoms with E-state index in [1.807, 2.05) is 63.2 Å². The van der Waals surface area contributed by atoms with Crippen LogP contribution in [0.2, 0.25) is 0 Å². The molecule has 0 saturated carbocycles. The molecule has 0 fully saturated rings. The number of ether oxygens (including phenoxy) is 1. The number of hydrogen-bond donors (Lipinski definition) is 1. The van der Waals surface area contributed by atoms with Gasteiger partial charge in [-0.15, -0.1) is 0 Å². The number of nitrogens with zero attached hydrogens (tertiary/aromatic N) is 1. The number of amides is 1. The molecule has 1 N–H and O–H groups in total. The summed E-state index contributed by atoms with van der Waals surface area (Å²) in [5.41, 5.74) is 3.62. The van der Waals surface area contributed by atoms with Gasteiger partial charge in [0.05, 0.1) is 11.1 Å². The Morgan fingerprint density at radius 2 is 1.78 bits per heavy atom. The summed E-state index contributed by atoms with van der Waals surface area (Å²) in [5, 5.41) is 3.47. The average Bonchev–Trinajstić information content (AvgIpc) is 2.67. The fraction of sp³-hybridized carbons (Fsp3) is 0.227. The van der Waals surface area contributed by atoms with Gasteiger partial charge < -0.3 is 10.1 Å². The highest BCUT2D eigenvalue weighted by Crippen LogP contribution is 2.23. The summed E-state index contributed by atoms with van der Waals surface area (Å²) in [4.78, 5) is 29.4. The van der Waals surface area contributed by atoms with Crippen LogP contribution in [-0.2, 0) is 9.53 Å². The van der Waals surface area contributed by atoms with E-state index in [4.69, 9.17) is 4.74 Å². The van der Waals surface area contributed by atoms with Crippen LogP contribution in [0.4, 0.5) is 5.69 Å². The molecule has 3 aromatic rings. The van der Waals surface area contributed by atoms with Gasteiger partial charge in [-0.1, -0.05) is 50.2 Å². The van der Waals surface area contributed by atoms with Crippen LogP contribution in [0.5, 0.6) is 0 Å². The Morgan fingerprint density at radius 3 is 2.52 bits per heavy atom. The predicted molar refractivity (Wildman–Crippen MR) is 106 cm³/mol. The molecule has 0 unspecified atom stereocenters. The number of esters is 1. The quantitative estimate of drug-likeness (QED) is 0.680. The number of pyridine rings is 1. The maximum absolute atomic E-state index is 12.6. The van der Waals surface area contributed by atoms with E-state index in [0.717, 1.165) is 16.8 Å². The molecule has 0 aliphatic carbocycles. The summed E-state index contributed by atoms with van der Waals surface area (Å²) in [5.74, 6) is -0.735. The lowest BCUT2D eigenvalue weighted by Gasteiger charge is -2.12. The van der Waals surface area contributed by atoms with Gasteiger partial charge in [0, 0.05) is 16.8 Å². The molecule has 0 bridgehead atoms. The lowest BCUT2D eigenvalue weighted by Crippen LogP contribution is -2.21. The zero-order valence-electron chi connectivity index (χ0n) is 15.7. The lowest BCUT2D eigenvalue weighted by atomic mass is 10.0. The Balaban J connectivity index is 1.76. The van der Waals surface area contributed by atoms with Crippen molar-refractivity contribution in [1.82, 2.24) is 4.98 Å². The molecule has 5 nitrogen and oxygen atoms in total. The first kappa shape index (κ1) is 18.6.